The van der Waals surface area contributed by atoms with Crippen molar-refractivity contribution in [2.75, 3.05) is 10.1 Å². The van der Waals surface area contributed by atoms with Gasteiger partial charge in [-0.1, -0.05) is 55.5 Å². The molecule has 7 rings (SSSR count). The normalized spacial score (nSPS) is 27.7. The number of nitrogens with zero attached hydrogens (tertiary/aromatic N) is 2. The molecule has 0 spiro atoms. The van der Waals surface area contributed by atoms with Crippen LogP contribution in [-0.2, 0) is 15.0 Å². The van der Waals surface area contributed by atoms with Crippen molar-refractivity contribution in [3.8, 4) is 0 Å². The molecule has 0 unspecified atom stereocenters. The van der Waals surface area contributed by atoms with Crippen LogP contribution in [0.1, 0.15) is 35.1 Å². The summed E-state index contributed by atoms with van der Waals surface area (Å²) in [5, 5.41) is 20.0. The second-order valence-corrected chi connectivity index (χ2v) is 8.66. The summed E-state index contributed by atoms with van der Waals surface area (Å²) >= 11 is 0. The molecule has 1 N–H and O–H groups in total. The Morgan fingerprint density at radius 2 is 1.42 bits per heavy atom. The van der Waals surface area contributed by atoms with Gasteiger partial charge in [0.25, 0.3) is 0 Å². The largest absolute Gasteiger partial charge is 0.733 e. The van der Waals surface area contributed by atoms with Crippen LogP contribution in [0, 0.1) is 17.0 Å². The van der Waals surface area contributed by atoms with E-state index in [0.29, 0.717) is 5.69 Å². The molecule has 3 aliphatic carbocycles. The Balaban J connectivity index is 1.55. The standard InChI is InChI=1S/C25H19N2O4/c1-25-18-8-4-2-6-16(18)20(17-7-3-5-9-19(17)25)21-22(25)24(29)26(23(21)28)14-10-12-15(13-11-14)27(30)31/h2-13,20-22,30H,1H3/q-1/t20?,21-,22-,25?/m0/s1. The van der Waals surface area contributed by atoms with Crippen molar-refractivity contribution in [3.63, 3.8) is 0 Å². The minimum atomic E-state index is -0.606. The molecule has 1 saturated heterocycles. The molecular formula is C25H19N2O4-. The van der Waals surface area contributed by atoms with Crippen molar-refractivity contribution in [1.82, 2.24) is 0 Å². The highest BCUT2D eigenvalue weighted by molar-refractivity contribution is 6.23. The van der Waals surface area contributed by atoms with Crippen LogP contribution in [0.4, 0.5) is 11.4 Å². The second kappa shape index (κ2) is 6.03. The lowest BCUT2D eigenvalue weighted by molar-refractivity contribution is -0.123. The average Bonchev–Trinajstić information content (AvgIpc) is 3.06. The first-order valence-corrected chi connectivity index (χ1v) is 10.3. The lowest BCUT2D eigenvalue weighted by Gasteiger charge is -2.52. The lowest BCUT2D eigenvalue weighted by atomic mass is 9.48. The Morgan fingerprint density at radius 3 is 1.97 bits per heavy atom. The molecule has 31 heavy (non-hydrogen) atoms. The van der Waals surface area contributed by atoms with E-state index in [0.717, 1.165) is 22.3 Å². The minimum absolute atomic E-state index is 0.0344. The molecule has 0 saturated carbocycles. The quantitative estimate of drug-likeness (QED) is 0.510. The van der Waals surface area contributed by atoms with Crippen molar-refractivity contribution in [1.29, 1.82) is 0 Å². The Kier molecular flexibility index (Phi) is 3.56. The summed E-state index contributed by atoms with van der Waals surface area (Å²) in [7, 11) is 0. The van der Waals surface area contributed by atoms with Gasteiger partial charge in [-0.3, -0.25) is 14.8 Å². The number of carbonyl (C=O) groups excluding carboxylic acids is 2. The number of hydrogen-bond acceptors (Lipinski definition) is 5. The summed E-state index contributed by atoms with van der Waals surface area (Å²) in [4.78, 5) is 28.7. The Hall–Kier alpha value is -3.48. The van der Waals surface area contributed by atoms with Gasteiger partial charge in [-0.15, -0.1) is 0 Å². The Labute approximate surface area is 178 Å². The third-order valence-corrected chi connectivity index (χ3v) is 7.37. The van der Waals surface area contributed by atoms with Gasteiger partial charge in [0.05, 0.1) is 23.2 Å². The topological polar surface area (TPSA) is 83.9 Å². The first-order valence-electron chi connectivity index (χ1n) is 10.3. The van der Waals surface area contributed by atoms with Crippen molar-refractivity contribution >= 4 is 23.2 Å². The van der Waals surface area contributed by atoms with E-state index in [2.05, 4.69) is 31.2 Å². The molecule has 1 aliphatic heterocycles. The predicted octanol–water partition coefficient (Wildman–Crippen LogP) is 3.95. The highest BCUT2D eigenvalue weighted by atomic mass is 16.8. The van der Waals surface area contributed by atoms with Crippen LogP contribution in [-0.4, -0.2) is 17.0 Å². The summed E-state index contributed by atoms with van der Waals surface area (Å²) in [5.74, 6) is -1.58. The van der Waals surface area contributed by atoms with Gasteiger partial charge < -0.3 is 10.4 Å². The zero-order chi connectivity index (χ0) is 21.5. The van der Waals surface area contributed by atoms with Gasteiger partial charge in [0, 0.05) is 11.3 Å². The zero-order valence-corrected chi connectivity index (χ0v) is 16.7. The van der Waals surface area contributed by atoms with Crippen LogP contribution in [0.5, 0.6) is 0 Å². The van der Waals surface area contributed by atoms with Gasteiger partial charge in [0.1, 0.15) is 0 Å². The number of rotatable bonds is 2. The Bertz CT molecular complexity index is 1200. The maximum Gasteiger partial charge on any atom is 0.238 e. The molecule has 2 bridgehead atoms. The molecule has 2 amide bonds. The van der Waals surface area contributed by atoms with Gasteiger partial charge in [-0.25, -0.2) is 4.90 Å². The van der Waals surface area contributed by atoms with Crippen LogP contribution in [0.3, 0.4) is 0 Å². The first kappa shape index (κ1) is 18.3. The predicted molar refractivity (Wildman–Crippen MR) is 115 cm³/mol. The fraction of sp³-hybridized carbons (Fsp3) is 0.200. The maximum atomic E-state index is 13.8. The van der Waals surface area contributed by atoms with Crippen molar-refractivity contribution in [2.24, 2.45) is 11.8 Å². The highest BCUT2D eigenvalue weighted by Crippen LogP contribution is 2.64. The summed E-state index contributed by atoms with van der Waals surface area (Å²) in [6.07, 6.45) is 0. The van der Waals surface area contributed by atoms with Crippen LogP contribution in [0.25, 0.3) is 0 Å². The molecule has 4 aliphatic rings. The van der Waals surface area contributed by atoms with Crippen LogP contribution >= 0.6 is 0 Å². The molecule has 6 nitrogen and oxygen atoms in total. The fourth-order valence-electron chi connectivity index (χ4n) is 6.13. The van der Waals surface area contributed by atoms with Crippen molar-refractivity contribution < 1.29 is 14.8 Å². The summed E-state index contributed by atoms with van der Waals surface area (Å²) in [6, 6.07) is 22.1. The molecule has 6 heteroatoms. The van der Waals surface area contributed by atoms with E-state index in [-0.39, 0.29) is 28.6 Å². The van der Waals surface area contributed by atoms with Gasteiger partial charge >= 0.3 is 0 Å². The molecule has 154 valence electrons. The molecule has 0 aromatic heterocycles. The maximum absolute atomic E-state index is 13.8. The molecular weight excluding hydrogens is 392 g/mol. The highest BCUT2D eigenvalue weighted by Gasteiger charge is 2.66. The number of imide groups is 1. The number of carbonyl (C=O) groups is 2. The van der Waals surface area contributed by atoms with E-state index < -0.39 is 17.3 Å². The van der Waals surface area contributed by atoms with Gasteiger partial charge in [-0.05, 0) is 46.5 Å². The lowest BCUT2D eigenvalue weighted by Crippen LogP contribution is -2.51. The smallest absolute Gasteiger partial charge is 0.238 e. The number of benzene rings is 3. The summed E-state index contributed by atoms with van der Waals surface area (Å²) in [6.45, 7) is 2.08. The molecule has 1 heterocycles. The van der Waals surface area contributed by atoms with E-state index in [4.69, 9.17) is 5.21 Å². The van der Waals surface area contributed by atoms with E-state index in [1.165, 1.54) is 29.2 Å². The SMILES string of the molecule is CC12c3ccccc3C(c3ccccc31)[C@@H]1C(=O)N(c3ccc(N([O-])O)cc3)C(=O)[C@H]12. The van der Waals surface area contributed by atoms with E-state index in [9.17, 15) is 14.8 Å². The minimum Gasteiger partial charge on any atom is -0.733 e. The van der Waals surface area contributed by atoms with Crippen LogP contribution in [0.2, 0.25) is 0 Å². The van der Waals surface area contributed by atoms with E-state index >= 15 is 0 Å². The third kappa shape index (κ3) is 2.13. The van der Waals surface area contributed by atoms with E-state index in [1.54, 1.807) is 0 Å². The van der Waals surface area contributed by atoms with Crippen molar-refractivity contribution in [2.45, 2.75) is 18.3 Å². The first-order chi connectivity index (χ1) is 14.9. The Morgan fingerprint density at radius 1 is 0.871 bits per heavy atom. The van der Waals surface area contributed by atoms with Crippen LogP contribution in [0.15, 0.2) is 72.8 Å². The number of hydrogen-bond donors (Lipinski definition) is 1. The second-order valence-electron chi connectivity index (χ2n) is 8.66. The van der Waals surface area contributed by atoms with Gasteiger partial charge in [-0.2, -0.15) is 0 Å². The van der Waals surface area contributed by atoms with Crippen molar-refractivity contribution in [3.05, 3.63) is 100 Å². The van der Waals surface area contributed by atoms with Crippen LogP contribution < -0.4 is 10.1 Å². The third-order valence-electron chi connectivity index (χ3n) is 7.37. The molecule has 0 radical (unpaired) electrons. The summed E-state index contributed by atoms with van der Waals surface area (Å²) in [5.41, 5.74) is 4.29. The fourth-order valence-corrected chi connectivity index (χ4v) is 6.13. The summed E-state index contributed by atoms with van der Waals surface area (Å²) < 4.78 is 0. The van der Waals surface area contributed by atoms with E-state index in [1.807, 2.05) is 24.3 Å². The average molecular weight is 411 g/mol. The molecule has 3 aromatic rings. The molecule has 1 fully saturated rings. The monoisotopic (exact) mass is 411 g/mol. The zero-order valence-electron chi connectivity index (χ0n) is 16.7. The van der Waals surface area contributed by atoms with Gasteiger partial charge in [0.15, 0.2) is 0 Å². The number of anilines is 2. The molecule has 3 aromatic carbocycles. The molecule has 2 atom stereocenters. The number of amides is 2. The van der Waals surface area contributed by atoms with Gasteiger partial charge in [0.2, 0.25) is 11.8 Å².